The second kappa shape index (κ2) is 4.79. The molecule has 0 saturated heterocycles. The van der Waals surface area contributed by atoms with Crippen LogP contribution in [0.5, 0.6) is 0 Å². The van der Waals surface area contributed by atoms with Crippen molar-refractivity contribution < 1.29 is 0 Å². The fourth-order valence-corrected chi connectivity index (χ4v) is 3.71. The van der Waals surface area contributed by atoms with Crippen LogP contribution in [0.1, 0.15) is 50.8 Å². The molecule has 2 atom stereocenters. The van der Waals surface area contributed by atoms with Crippen LogP contribution in [-0.2, 0) is 6.42 Å². The Morgan fingerprint density at radius 3 is 2.79 bits per heavy atom. The van der Waals surface area contributed by atoms with Crippen molar-refractivity contribution >= 4 is 11.6 Å². The Morgan fingerprint density at radius 1 is 1.37 bits per heavy atom. The molecule has 2 heteroatoms. The SMILES string of the molecule is CC(CNC1c2cc(Cl)ccc2CC1(C)C)C1CC1. The first-order chi connectivity index (χ1) is 8.97. The van der Waals surface area contributed by atoms with Crippen LogP contribution < -0.4 is 5.32 Å². The van der Waals surface area contributed by atoms with E-state index in [2.05, 4.69) is 38.2 Å². The van der Waals surface area contributed by atoms with E-state index in [1.54, 1.807) is 0 Å². The molecule has 1 saturated carbocycles. The van der Waals surface area contributed by atoms with Crippen molar-refractivity contribution in [3.63, 3.8) is 0 Å². The Kier molecular flexibility index (Phi) is 3.39. The largest absolute Gasteiger partial charge is 0.309 e. The molecule has 2 unspecified atom stereocenters. The predicted octanol–water partition coefficient (Wildman–Crippen LogP) is 4.60. The first-order valence-corrected chi connectivity index (χ1v) is 7.87. The topological polar surface area (TPSA) is 12.0 Å². The van der Waals surface area contributed by atoms with Gasteiger partial charge in [-0.05, 0) is 66.3 Å². The normalized spacial score (nSPS) is 26.2. The second-order valence-electron chi connectivity index (χ2n) is 7.16. The summed E-state index contributed by atoms with van der Waals surface area (Å²) in [5.74, 6) is 1.77. The van der Waals surface area contributed by atoms with E-state index in [9.17, 15) is 0 Å². The standard InChI is InChI=1S/C17H24ClN/c1-11(12-4-5-12)10-19-16-15-8-14(18)7-6-13(15)9-17(16,2)3/h6-8,11-12,16,19H,4-5,9-10H2,1-3H3. The number of fused-ring (bicyclic) bond motifs is 1. The van der Waals surface area contributed by atoms with Gasteiger partial charge in [-0.3, -0.25) is 0 Å². The maximum Gasteiger partial charge on any atom is 0.0409 e. The van der Waals surface area contributed by atoms with Crippen LogP contribution in [-0.4, -0.2) is 6.54 Å². The Labute approximate surface area is 121 Å². The van der Waals surface area contributed by atoms with Gasteiger partial charge in [-0.15, -0.1) is 0 Å². The molecule has 0 heterocycles. The van der Waals surface area contributed by atoms with Gasteiger partial charge in [-0.1, -0.05) is 38.4 Å². The molecule has 0 spiro atoms. The Bertz CT molecular complexity index is 476. The molecule has 1 fully saturated rings. The van der Waals surface area contributed by atoms with Crippen LogP contribution in [0.4, 0.5) is 0 Å². The molecule has 0 aromatic heterocycles. The third-order valence-corrected chi connectivity index (χ3v) is 5.15. The fraction of sp³-hybridized carbons (Fsp3) is 0.647. The van der Waals surface area contributed by atoms with Crippen molar-refractivity contribution in [2.24, 2.45) is 17.3 Å². The van der Waals surface area contributed by atoms with E-state index in [1.165, 1.54) is 24.0 Å². The highest BCUT2D eigenvalue weighted by Crippen LogP contribution is 2.46. The van der Waals surface area contributed by atoms with Crippen LogP contribution in [0.3, 0.4) is 0 Å². The van der Waals surface area contributed by atoms with Crippen molar-refractivity contribution in [2.75, 3.05) is 6.54 Å². The maximum absolute atomic E-state index is 6.18. The van der Waals surface area contributed by atoms with Gasteiger partial charge in [0.05, 0.1) is 0 Å². The van der Waals surface area contributed by atoms with Gasteiger partial charge in [0.25, 0.3) is 0 Å². The van der Waals surface area contributed by atoms with Gasteiger partial charge in [0, 0.05) is 11.1 Å². The minimum atomic E-state index is 0.288. The van der Waals surface area contributed by atoms with Crippen molar-refractivity contribution in [3.05, 3.63) is 34.3 Å². The molecule has 0 aliphatic heterocycles. The van der Waals surface area contributed by atoms with Gasteiger partial charge in [0.2, 0.25) is 0 Å². The number of benzene rings is 1. The molecule has 104 valence electrons. The molecule has 0 amide bonds. The quantitative estimate of drug-likeness (QED) is 0.848. The summed E-state index contributed by atoms with van der Waals surface area (Å²) in [6, 6.07) is 6.82. The summed E-state index contributed by atoms with van der Waals surface area (Å²) >= 11 is 6.18. The van der Waals surface area contributed by atoms with E-state index in [4.69, 9.17) is 11.6 Å². The first-order valence-electron chi connectivity index (χ1n) is 7.49. The summed E-state index contributed by atoms with van der Waals surface area (Å²) < 4.78 is 0. The molecule has 1 nitrogen and oxygen atoms in total. The molecule has 19 heavy (non-hydrogen) atoms. The smallest absolute Gasteiger partial charge is 0.0409 e. The number of halogens is 1. The Morgan fingerprint density at radius 2 is 2.11 bits per heavy atom. The fourth-order valence-electron chi connectivity index (χ4n) is 3.53. The zero-order valence-electron chi connectivity index (χ0n) is 12.2. The first kappa shape index (κ1) is 13.5. The van der Waals surface area contributed by atoms with Crippen molar-refractivity contribution in [2.45, 2.75) is 46.1 Å². The third-order valence-electron chi connectivity index (χ3n) is 4.92. The number of hydrogen-bond donors (Lipinski definition) is 1. The lowest BCUT2D eigenvalue weighted by atomic mass is 9.85. The average Bonchev–Trinajstić information content (AvgIpc) is 3.12. The van der Waals surface area contributed by atoms with E-state index in [1.807, 2.05) is 6.07 Å². The lowest BCUT2D eigenvalue weighted by molar-refractivity contribution is 0.256. The minimum absolute atomic E-state index is 0.288. The Hall–Kier alpha value is -0.530. The highest BCUT2D eigenvalue weighted by Gasteiger charge is 2.39. The molecule has 1 aromatic carbocycles. The molecular weight excluding hydrogens is 254 g/mol. The van der Waals surface area contributed by atoms with Gasteiger partial charge in [-0.2, -0.15) is 0 Å². The van der Waals surface area contributed by atoms with Gasteiger partial charge in [0.1, 0.15) is 0 Å². The minimum Gasteiger partial charge on any atom is -0.309 e. The summed E-state index contributed by atoms with van der Waals surface area (Å²) in [6.45, 7) is 8.23. The molecule has 2 aliphatic rings. The number of hydrogen-bond acceptors (Lipinski definition) is 1. The average molecular weight is 278 g/mol. The summed E-state index contributed by atoms with van der Waals surface area (Å²) in [5, 5.41) is 4.68. The molecule has 1 aromatic rings. The Balaban J connectivity index is 1.76. The van der Waals surface area contributed by atoms with Crippen LogP contribution in [0, 0.1) is 17.3 Å². The summed E-state index contributed by atoms with van der Waals surface area (Å²) in [7, 11) is 0. The van der Waals surface area contributed by atoms with Crippen molar-refractivity contribution in [3.8, 4) is 0 Å². The van der Waals surface area contributed by atoms with E-state index in [0.29, 0.717) is 6.04 Å². The molecule has 2 aliphatic carbocycles. The highest BCUT2D eigenvalue weighted by atomic mass is 35.5. The van der Waals surface area contributed by atoms with Crippen LogP contribution in [0.15, 0.2) is 18.2 Å². The van der Waals surface area contributed by atoms with Crippen molar-refractivity contribution in [1.29, 1.82) is 0 Å². The van der Waals surface area contributed by atoms with Gasteiger partial charge in [0.15, 0.2) is 0 Å². The zero-order valence-corrected chi connectivity index (χ0v) is 12.9. The van der Waals surface area contributed by atoms with Gasteiger partial charge in [-0.25, -0.2) is 0 Å². The van der Waals surface area contributed by atoms with Crippen LogP contribution in [0.2, 0.25) is 5.02 Å². The second-order valence-corrected chi connectivity index (χ2v) is 7.60. The number of nitrogens with one attached hydrogen (secondary N) is 1. The highest BCUT2D eigenvalue weighted by molar-refractivity contribution is 6.30. The molecule has 0 radical (unpaired) electrons. The lowest BCUT2D eigenvalue weighted by Crippen LogP contribution is -2.34. The molecule has 3 rings (SSSR count). The van der Waals surface area contributed by atoms with Crippen molar-refractivity contribution in [1.82, 2.24) is 5.32 Å². The summed E-state index contributed by atoms with van der Waals surface area (Å²) in [6.07, 6.45) is 4.01. The zero-order chi connectivity index (χ0) is 13.6. The van der Waals surface area contributed by atoms with Gasteiger partial charge < -0.3 is 5.32 Å². The van der Waals surface area contributed by atoms with E-state index in [-0.39, 0.29) is 5.41 Å². The van der Waals surface area contributed by atoms with E-state index < -0.39 is 0 Å². The maximum atomic E-state index is 6.18. The molecule has 1 N–H and O–H groups in total. The van der Waals surface area contributed by atoms with E-state index >= 15 is 0 Å². The summed E-state index contributed by atoms with van der Waals surface area (Å²) in [4.78, 5) is 0. The van der Waals surface area contributed by atoms with Crippen LogP contribution >= 0.6 is 11.6 Å². The van der Waals surface area contributed by atoms with Gasteiger partial charge >= 0.3 is 0 Å². The number of rotatable bonds is 4. The monoisotopic (exact) mass is 277 g/mol. The molecule has 0 bridgehead atoms. The predicted molar refractivity (Wildman–Crippen MR) is 81.6 cm³/mol. The molecular formula is C17H24ClN. The lowest BCUT2D eigenvalue weighted by Gasteiger charge is -2.30. The van der Waals surface area contributed by atoms with Crippen LogP contribution in [0.25, 0.3) is 0 Å². The third kappa shape index (κ3) is 2.68. The summed E-state index contributed by atoms with van der Waals surface area (Å²) in [5.41, 5.74) is 3.17. The van der Waals surface area contributed by atoms with E-state index in [0.717, 1.165) is 29.8 Å².